The van der Waals surface area contributed by atoms with Crippen LogP contribution in [0.3, 0.4) is 0 Å². The molecule has 1 aromatic rings. The van der Waals surface area contributed by atoms with Crippen LogP contribution in [-0.4, -0.2) is 37.8 Å². The number of anilines is 1. The van der Waals surface area contributed by atoms with Gasteiger partial charge in [0.1, 0.15) is 5.82 Å². The van der Waals surface area contributed by atoms with Crippen molar-refractivity contribution in [2.24, 2.45) is 5.73 Å². The number of hydrogen-bond acceptors (Lipinski definition) is 4. The topological polar surface area (TPSA) is 51.4 Å². The summed E-state index contributed by atoms with van der Waals surface area (Å²) in [7, 11) is 1.75. The maximum atomic E-state index is 5.61. The van der Waals surface area contributed by atoms with Crippen LogP contribution in [0.5, 0.6) is 0 Å². The van der Waals surface area contributed by atoms with E-state index in [1.54, 1.807) is 7.11 Å². The van der Waals surface area contributed by atoms with E-state index in [1.165, 1.54) is 11.1 Å². The molecular weight excluding hydrogens is 250 g/mol. The van der Waals surface area contributed by atoms with E-state index in [4.69, 9.17) is 10.5 Å². The van der Waals surface area contributed by atoms with E-state index >= 15 is 0 Å². The Labute approximate surface area is 123 Å². The van der Waals surface area contributed by atoms with Gasteiger partial charge < -0.3 is 15.4 Å². The van der Waals surface area contributed by atoms with Crippen molar-refractivity contribution in [3.8, 4) is 0 Å². The Morgan fingerprint density at radius 3 is 2.55 bits per heavy atom. The second kappa shape index (κ2) is 8.93. The Kier molecular flexibility index (Phi) is 7.55. The molecule has 0 aromatic carbocycles. The third-order valence-electron chi connectivity index (χ3n) is 3.73. The molecular formula is C16H29N3O. The van der Waals surface area contributed by atoms with Crippen molar-refractivity contribution in [3.05, 3.63) is 23.4 Å². The standard InChI is InChI=1S/C16H29N3O/c1-5-15(6-2)19(9-10-20-4)16-13(3)11-14(7-8-17)12-18-16/h11-12,15H,5-10,17H2,1-4H3. The Morgan fingerprint density at radius 2 is 2.05 bits per heavy atom. The second-order valence-corrected chi connectivity index (χ2v) is 5.18. The number of nitrogens with two attached hydrogens (primary N) is 1. The van der Waals surface area contributed by atoms with Gasteiger partial charge in [-0.25, -0.2) is 4.98 Å². The average Bonchev–Trinajstić information content (AvgIpc) is 2.45. The van der Waals surface area contributed by atoms with Crippen molar-refractivity contribution in [3.63, 3.8) is 0 Å². The molecule has 4 heteroatoms. The first-order chi connectivity index (χ1) is 9.67. The van der Waals surface area contributed by atoms with E-state index in [1.807, 2.05) is 6.20 Å². The Morgan fingerprint density at radius 1 is 1.35 bits per heavy atom. The number of rotatable bonds is 9. The first kappa shape index (κ1) is 16.9. The van der Waals surface area contributed by atoms with E-state index in [0.29, 0.717) is 12.6 Å². The monoisotopic (exact) mass is 279 g/mol. The van der Waals surface area contributed by atoms with Crippen LogP contribution < -0.4 is 10.6 Å². The van der Waals surface area contributed by atoms with E-state index in [9.17, 15) is 0 Å². The average molecular weight is 279 g/mol. The van der Waals surface area contributed by atoms with Crippen molar-refractivity contribution < 1.29 is 4.74 Å². The summed E-state index contributed by atoms with van der Waals surface area (Å²) in [6.07, 6.45) is 5.08. The fraction of sp³-hybridized carbons (Fsp3) is 0.688. The van der Waals surface area contributed by atoms with Crippen LogP contribution in [0.4, 0.5) is 5.82 Å². The SMILES string of the molecule is CCC(CC)N(CCOC)c1ncc(CCN)cc1C. The van der Waals surface area contributed by atoms with Crippen LogP contribution in [0.15, 0.2) is 12.3 Å². The van der Waals surface area contributed by atoms with E-state index in [-0.39, 0.29) is 0 Å². The zero-order valence-electron chi connectivity index (χ0n) is 13.4. The summed E-state index contributed by atoms with van der Waals surface area (Å²) in [5.74, 6) is 1.08. The molecule has 2 N–H and O–H groups in total. The summed E-state index contributed by atoms with van der Waals surface area (Å²) in [5.41, 5.74) is 8.04. The predicted molar refractivity (Wildman–Crippen MR) is 85.3 cm³/mol. The zero-order chi connectivity index (χ0) is 15.0. The summed E-state index contributed by atoms with van der Waals surface area (Å²) in [5, 5.41) is 0. The van der Waals surface area contributed by atoms with Gasteiger partial charge in [0.25, 0.3) is 0 Å². The molecule has 0 bridgehead atoms. The lowest BCUT2D eigenvalue weighted by Crippen LogP contribution is -2.38. The number of methoxy groups -OCH3 is 1. The van der Waals surface area contributed by atoms with Gasteiger partial charge >= 0.3 is 0 Å². The normalized spacial score (nSPS) is 11.1. The largest absolute Gasteiger partial charge is 0.383 e. The highest BCUT2D eigenvalue weighted by molar-refractivity contribution is 5.48. The maximum Gasteiger partial charge on any atom is 0.131 e. The number of aryl methyl sites for hydroxylation is 1. The highest BCUT2D eigenvalue weighted by Gasteiger charge is 2.18. The molecule has 0 unspecified atom stereocenters. The van der Waals surface area contributed by atoms with Crippen molar-refractivity contribution >= 4 is 5.82 Å². The number of nitrogens with zero attached hydrogens (tertiary/aromatic N) is 2. The number of aromatic nitrogens is 1. The van der Waals surface area contributed by atoms with Crippen LogP contribution in [0.25, 0.3) is 0 Å². The van der Waals surface area contributed by atoms with Crippen molar-refractivity contribution in [2.45, 2.75) is 46.1 Å². The van der Waals surface area contributed by atoms with Crippen molar-refractivity contribution in [1.29, 1.82) is 0 Å². The quantitative estimate of drug-likeness (QED) is 0.754. The third kappa shape index (κ3) is 4.46. The fourth-order valence-corrected chi connectivity index (χ4v) is 2.61. The fourth-order valence-electron chi connectivity index (χ4n) is 2.61. The number of ether oxygens (including phenoxy) is 1. The van der Waals surface area contributed by atoms with Gasteiger partial charge in [-0.15, -0.1) is 0 Å². The lowest BCUT2D eigenvalue weighted by Gasteiger charge is -2.32. The molecule has 0 amide bonds. The van der Waals surface area contributed by atoms with Gasteiger partial charge in [-0.05, 0) is 43.9 Å². The third-order valence-corrected chi connectivity index (χ3v) is 3.73. The molecule has 0 saturated carbocycles. The molecule has 1 aromatic heterocycles. The molecule has 20 heavy (non-hydrogen) atoms. The van der Waals surface area contributed by atoms with E-state index in [2.05, 4.69) is 36.7 Å². The molecule has 0 aliphatic carbocycles. The first-order valence-corrected chi connectivity index (χ1v) is 7.59. The van der Waals surface area contributed by atoms with Crippen LogP contribution >= 0.6 is 0 Å². The summed E-state index contributed by atoms with van der Waals surface area (Å²) in [6.45, 7) is 8.86. The molecule has 1 rings (SSSR count). The van der Waals surface area contributed by atoms with Crippen LogP contribution in [-0.2, 0) is 11.2 Å². The minimum absolute atomic E-state index is 0.511. The molecule has 4 nitrogen and oxygen atoms in total. The Bertz CT molecular complexity index is 391. The lowest BCUT2D eigenvalue weighted by molar-refractivity contribution is 0.202. The molecule has 114 valence electrons. The van der Waals surface area contributed by atoms with Crippen LogP contribution in [0, 0.1) is 6.92 Å². The molecule has 1 heterocycles. The Balaban J connectivity index is 2.99. The number of hydrogen-bond donors (Lipinski definition) is 1. The summed E-state index contributed by atoms with van der Waals surface area (Å²) in [6, 6.07) is 2.72. The van der Waals surface area contributed by atoms with Gasteiger partial charge in [-0.1, -0.05) is 19.9 Å². The lowest BCUT2D eigenvalue weighted by atomic mass is 10.1. The minimum Gasteiger partial charge on any atom is -0.383 e. The molecule has 0 saturated heterocycles. The van der Waals surface area contributed by atoms with Gasteiger partial charge in [-0.2, -0.15) is 0 Å². The number of pyridine rings is 1. The first-order valence-electron chi connectivity index (χ1n) is 7.59. The van der Waals surface area contributed by atoms with Gasteiger partial charge in [0.15, 0.2) is 0 Å². The van der Waals surface area contributed by atoms with Gasteiger partial charge in [0, 0.05) is 25.9 Å². The van der Waals surface area contributed by atoms with Crippen molar-refractivity contribution in [2.75, 3.05) is 31.7 Å². The highest BCUT2D eigenvalue weighted by atomic mass is 16.5. The van der Waals surface area contributed by atoms with Crippen molar-refractivity contribution in [1.82, 2.24) is 4.98 Å². The second-order valence-electron chi connectivity index (χ2n) is 5.18. The van der Waals surface area contributed by atoms with Gasteiger partial charge in [0.05, 0.1) is 6.61 Å². The molecule has 0 aliphatic rings. The highest BCUT2D eigenvalue weighted by Crippen LogP contribution is 2.22. The minimum atomic E-state index is 0.511. The molecule has 0 radical (unpaired) electrons. The summed E-state index contributed by atoms with van der Waals surface area (Å²) >= 11 is 0. The zero-order valence-corrected chi connectivity index (χ0v) is 13.4. The van der Waals surface area contributed by atoms with Gasteiger partial charge in [0.2, 0.25) is 0 Å². The summed E-state index contributed by atoms with van der Waals surface area (Å²) < 4.78 is 5.25. The van der Waals surface area contributed by atoms with E-state index < -0.39 is 0 Å². The summed E-state index contributed by atoms with van der Waals surface area (Å²) in [4.78, 5) is 7.06. The smallest absolute Gasteiger partial charge is 0.131 e. The van der Waals surface area contributed by atoms with E-state index in [0.717, 1.165) is 38.2 Å². The molecule has 0 atom stereocenters. The van der Waals surface area contributed by atoms with Gasteiger partial charge in [-0.3, -0.25) is 0 Å². The van der Waals surface area contributed by atoms with Crippen LogP contribution in [0.2, 0.25) is 0 Å². The predicted octanol–water partition coefficient (Wildman–Crippen LogP) is 2.53. The molecule has 0 spiro atoms. The van der Waals surface area contributed by atoms with Crippen LogP contribution in [0.1, 0.15) is 37.8 Å². The maximum absolute atomic E-state index is 5.61. The molecule has 0 fully saturated rings. The Hall–Kier alpha value is -1.13. The molecule has 0 aliphatic heterocycles.